The van der Waals surface area contributed by atoms with Crippen molar-refractivity contribution in [2.75, 3.05) is 13.2 Å². The lowest BCUT2D eigenvalue weighted by Gasteiger charge is -2.37. The molecule has 18 heavy (non-hydrogen) atoms. The highest BCUT2D eigenvalue weighted by atomic mass is 19.1. The maximum atomic E-state index is 13.0. The number of hydrogen-bond acceptors (Lipinski definition) is 3. The first-order valence-corrected chi connectivity index (χ1v) is 6.35. The predicted octanol–water partition coefficient (Wildman–Crippen LogP) is 1.97. The molecule has 0 spiro atoms. The highest BCUT2D eigenvalue weighted by molar-refractivity contribution is 5.27. The number of nitrogens with one attached hydrogen (secondary N) is 1. The first-order chi connectivity index (χ1) is 8.55. The van der Waals surface area contributed by atoms with Crippen LogP contribution in [0.1, 0.15) is 25.8 Å². The number of hydrogen-bond donors (Lipinski definition) is 2. The van der Waals surface area contributed by atoms with E-state index in [1.807, 2.05) is 12.1 Å². The Morgan fingerprint density at radius 2 is 2.06 bits per heavy atom. The quantitative estimate of drug-likeness (QED) is 0.636. The van der Waals surface area contributed by atoms with Crippen LogP contribution in [-0.2, 0) is 10.2 Å². The summed E-state index contributed by atoms with van der Waals surface area (Å²) >= 11 is 0. The molecule has 1 fully saturated rings. The van der Waals surface area contributed by atoms with E-state index in [9.17, 15) is 4.39 Å². The van der Waals surface area contributed by atoms with Crippen LogP contribution in [0.2, 0.25) is 0 Å². The predicted molar refractivity (Wildman–Crippen MR) is 69.5 cm³/mol. The van der Waals surface area contributed by atoms with Crippen LogP contribution in [-0.4, -0.2) is 19.3 Å². The molecule has 3 nitrogen and oxygen atoms in total. The molecule has 3 N–H and O–H groups in total. The SMILES string of the molecule is CC(C)(c1ccc(F)cc1)C(NN)C1CCOC1. The molecule has 2 unspecified atom stereocenters. The normalized spacial score (nSPS) is 22.1. The molecule has 1 aromatic carbocycles. The van der Waals surface area contributed by atoms with Crippen LogP contribution in [0.25, 0.3) is 0 Å². The summed E-state index contributed by atoms with van der Waals surface area (Å²) in [4.78, 5) is 0. The molecule has 2 atom stereocenters. The summed E-state index contributed by atoms with van der Waals surface area (Å²) in [7, 11) is 0. The van der Waals surface area contributed by atoms with Gasteiger partial charge in [0.15, 0.2) is 0 Å². The monoisotopic (exact) mass is 252 g/mol. The van der Waals surface area contributed by atoms with Crippen LogP contribution < -0.4 is 11.3 Å². The second kappa shape index (κ2) is 5.34. The number of benzene rings is 1. The van der Waals surface area contributed by atoms with Gasteiger partial charge >= 0.3 is 0 Å². The zero-order valence-corrected chi connectivity index (χ0v) is 10.9. The zero-order valence-electron chi connectivity index (χ0n) is 10.9. The summed E-state index contributed by atoms with van der Waals surface area (Å²) in [5.74, 6) is 5.91. The van der Waals surface area contributed by atoms with Crippen LogP contribution in [0.4, 0.5) is 4.39 Å². The smallest absolute Gasteiger partial charge is 0.123 e. The highest BCUT2D eigenvalue weighted by Crippen LogP contribution is 2.33. The van der Waals surface area contributed by atoms with E-state index in [1.54, 1.807) is 0 Å². The summed E-state index contributed by atoms with van der Waals surface area (Å²) in [6, 6.07) is 6.77. The number of halogens is 1. The van der Waals surface area contributed by atoms with Gasteiger partial charge in [0.1, 0.15) is 5.82 Å². The Balaban J connectivity index is 2.23. The van der Waals surface area contributed by atoms with Crippen molar-refractivity contribution >= 4 is 0 Å². The average Bonchev–Trinajstić information content (AvgIpc) is 2.84. The third-order valence-corrected chi connectivity index (χ3v) is 3.98. The van der Waals surface area contributed by atoms with Crippen LogP contribution in [0.5, 0.6) is 0 Å². The van der Waals surface area contributed by atoms with Gasteiger partial charge in [0.05, 0.1) is 6.61 Å². The van der Waals surface area contributed by atoms with Gasteiger partial charge in [-0.1, -0.05) is 26.0 Å². The Labute approximate surface area is 107 Å². The maximum absolute atomic E-state index is 13.0. The van der Waals surface area contributed by atoms with E-state index >= 15 is 0 Å². The molecule has 0 radical (unpaired) electrons. The van der Waals surface area contributed by atoms with Crippen molar-refractivity contribution in [3.63, 3.8) is 0 Å². The minimum atomic E-state index is -0.212. The lowest BCUT2D eigenvalue weighted by Crippen LogP contribution is -2.52. The van der Waals surface area contributed by atoms with Crippen molar-refractivity contribution in [1.82, 2.24) is 5.43 Å². The van der Waals surface area contributed by atoms with E-state index in [0.29, 0.717) is 5.92 Å². The van der Waals surface area contributed by atoms with Crippen LogP contribution in [0.15, 0.2) is 24.3 Å². The van der Waals surface area contributed by atoms with Crippen molar-refractivity contribution in [2.24, 2.45) is 11.8 Å². The fourth-order valence-corrected chi connectivity index (χ4v) is 2.81. The Morgan fingerprint density at radius 1 is 1.39 bits per heavy atom. The van der Waals surface area contributed by atoms with Gasteiger partial charge in [-0.25, -0.2) is 4.39 Å². The molecular weight excluding hydrogens is 231 g/mol. The Kier molecular flexibility index (Phi) is 4.00. The van der Waals surface area contributed by atoms with Gasteiger partial charge in [0.25, 0.3) is 0 Å². The molecule has 100 valence electrons. The van der Waals surface area contributed by atoms with Gasteiger partial charge < -0.3 is 4.74 Å². The van der Waals surface area contributed by atoms with E-state index in [2.05, 4.69) is 19.3 Å². The molecule has 1 heterocycles. The number of hydrazine groups is 1. The Bertz CT molecular complexity index is 385. The summed E-state index contributed by atoms with van der Waals surface area (Å²) in [6.45, 7) is 5.79. The summed E-state index contributed by atoms with van der Waals surface area (Å²) in [5.41, 5.74) is 3.84. The van der Waals surface area contributed by atoms with Gasteiger partial charge in [0, 0.05) is 24.0 Å². The van der Waals surface area contributed by atoms with Gasteiger partial charge in [-0.3, -0.25) is 11.3 Å². The molecule has 1 aromatic rings. The molecular formula is C14H21FN2O. The molecule has 0 aliphatic carbocycles. The van der Waals surface area contributed by atoms with Crippen molar-refractivity contribution in [3.8, 4) is 0 Å². The van der Waals surface area contributed by atoms with Crippen molar-refractivity contribution in [2.45, 2.75) is 31.7 Å². The van der Waals surface area contributed by atoms with E-state index in [1.165, 1.54) is 12.1 Å². The van der Waals surface area contributed by atoms with E-state index in [-0.39, 0.29) is 17.3 Å². The highest BCUT2D eigenvalue weighted by Gasteiger charge is 2.37. The van der Waals surface area contributed by atoms with Gasteiger partial charge in [-0.05, 0) is 24.1 Å². The molecule has 1 saturated heterocycles. The van der Waals surface area contributed by atoms with Gasteiger partial charge in [-0.2, -0.15) is 0 Å². The lowest BCUT2D eigenvalue weighted by molar-refractivity contribution is 0.161. The largest absolute Gasteiger partial charge is 0.381 e. The van der Waals surface area contributed by atoms with E-state index < -0.39 is 0 Å². The number of nitrogens with two attached hydrogens (primary N) is 1. The van der Waals surface area contributed by atoms with E-state index in [4.69, 9.17) is 10.6 Å². The molecule has 0 bridgehead atoms. The second-order valence-electron chi connectivity index (χ2n) is 5.50. The van der Waals surface area contributed by atoms with Gasteiger partial charge in [0.2, 0.25) is 0 Å². The van der Waals surface area contributed by atoms with Crippen molar-refractivity contribution in [1.29, 1.82) is 0 Å². The van der Waals surface area contributed by atoms with Crippen molar-refractivity contribution in [3.05, 3.63) is 35.6 Å². The molecule has 1 aliphatic heterocycles. The fourth-order valence-electron chi connectivity index (χ4n) is 2.81. The fraction of sp³-hybridized carbons (Fsp3) is 0.571. The number of ether oxygens (including phenoxy) is 1. The summed E-state index contributed by atoms with van der Waals surface area (Å²) < 4.78 is 18.4. The average molecular weight is 252 g/mol. The third-order valence-electron chi connectivity index (χ3n) is 3.98. The van der Waals surface area contributed by atoms with Crippen LogP contribution in [0.3, 0.4) is 0 Å². The Morgan fingerprint density at radius 3 is 2.56 bits per heavy atom. The molecule has 4 heteroatoms. The topological polar surface area (TPSA) is 47.3 Å². The number of rotatable bonds is 4. The van der Waals surface area contributed by atoms with Crippen LogP contribution in [0, 0.1) is 11.7 Å². The first kappa shape index (κ1) is 13.5. The van der Waals surface area contributed by atoms with Gasteiger partial charge in [-0.15, -0.1) is 0 Å². The summed E-state index contributed by atoms with van der Waals surface area (Å²) in [6.07, 6.45) is 1.01. The second-order valence-corrected chi connectivity index (χ2v) is 5.50. The standard InChI is InChI=1S/C14H21FN2O/c1-14(2,11-3-5-12(15)6-4-11)13(17-16)10-7-8-18-9-10/h3-6,10,13,17H,7-9,16H2,1-2H3. The summed E-state index contributed by atoms with van der Waals surface area (Å²) in [5, 5.41) is 0. The molecule has 0 aromatic heterocycles. The molecule has 0 amide bonds. The minimum absolute atomic E-state index is 0.116. The third kappa shape index (κ3) is 2.55. The lowest BCUT2D eigenvalue weighted by atomic mass is 9.72. The first-order valence-electron chi connectivity index (χ1n) is 6.35. The maximum Gasteiger partial charge on any atom is 0.123 e. The molecule has 2 rings (SSSR count). The Hall–Kier alpha value is -0.970. The zero-order chi connectivity index (χ0) is 13.2. The van der Waals surface area contributed by atoms with Crippen molar-refractivity contribution < 1.29 is 9.13 Å². The van der Waals surface area contributed by atoms with E-state index in [0.717, 1.165) is 25.2 Å². The molecule has 0 saturated carbocycles. The molecule has 1 aliphatic rings. The minimum Gasteiger partial charge on any atom is -0.381 e. The van der Waals surface area contributed by atoms with Crippen LogP contribution >= 0.6 is 0 Å².